The van der Waals surface area contributed by atoms with Gasteiger partial charge >= 0.3 is 5.97 Å². The maximum absolute atomic E-state index is 12.1. The molecule has 2 aliphatic heterocycles. The van der Waals surface area contributed by atoms with E-state index in [-0.39, 0.29) is 30.7 Å². The van der Waals surface area contributed by atoms with Crippen LogP contribution in [0.3, 0.4) is 0 Å². The van der Waals surface area contributed by atoms with Crippen molar-refractivity contribution in [3.05, 3.63) is 112 Å². The van der Waals surface area contributed by atoms with Gasteiger partial charge in [-0.25, -0.2) is 8.42 Å². The Hall–Kier alpha value is -4.20. The van der Waals surface area contributed by atoms with Crippen molar-refractivity contribution in [1.82, 2.24) is 0 Å². The highest BCUT2D eigenvalue weighted by molar-refractivity contribution is 7.86. The molecule has 3 aliphatic rings. The number of carbonyl (C=O) groups is 1. The summed E-state index contributed by atoms with van der Waals surface area (Å²) in [7, 11) is -13.2. The predicted molar refractivity (Wildman–Crippen MR) is 256 cm³/mol. The first-order valence-electron chi connectivity index (χ1n) is 21.6. The van der Waals surface area contributed by atoms with Crippen molar-refractivity contribution in [3.8, 4) is 0 Å². The third-order valence-electron chi connectivity index (χ3n) is 12.8. The van der Waals surface area contributed by atoms with Crippen LogP contribution < -0.4 is 4.90 Å². The van der Waals surface area contributed by atoms with E-state index in [4.69, 9.17) is 11.6 Å². The van der Waals surface area contributed by atoms with Crippen molar-refractivity contribution >= 4 is 96.5 Å². The van der Waals surface area contributed by atoms with E-state index in [0.29, 0.717) is 49.1 Å². The molecule has 18 heteroatoms. The van der Waals surface area contributed by atoms with Crippen molar-refractivity contribution in [2.75, 3.05) is 29.5 Å². The zero-order chi connectivity index (χ0) is 47.1. The number of allylic oxidation sites excluding steroid dienone is 8. The van der Waals surface area contributed by atoms with Crippen LogP contribution >= 0.6 is 22.9 Å². The van der Waals surface area contributed by atoms with Gasteiger partial charge in [-0.1, -0.05) is 78.3 Å². The highest BCUT2D eigenvalue weighted by Crippen LogP contribution is 2.54. The molecule has 1 unspecified atom stereocenters. The van der Waals surface area contributed by atoms with E-state index in [1.165, 1.54) is 23.5 Å². The van der Waals surface area contributed by atoms with Crippen LogP contribution in [0.2, 0.25) is 0 Å². The number of halogens is 1. The first-order valence-corrected chi connectivity index (χ1v) is 27.4. The lowest BCUT2D eigenvalue weighted by Crippen LogP contribution is -2.30. The standard InChI is InChI=1S/C47H53ClN2O11S4/c1-46(2)39(50(27-11-29-64(56,57)58)45-43(46)36-30-34(65(59,60)61)20-22-38(36)62-45)23-18-32-13-9-14-33(44(32)48)19-24-40-47(3,25-8-4-5-16-41(51)52)42-35-15-7-6-12-31(35)17-21-37(42)49(40)26-10-28-63(53,54)55/h6-7,12,15,17-24,30H,4-5,8-11,13-14,16,25-29H2,1-3H3,(H3-,51,52,53,54,55,56,57,58,59,60,61). The number of rotatable bonds is 18. The number of nitrogens with zero attached hydrogens (tertiary/aromatic N) is 2. The highest BCUT2D eigenvalue weighted by Gasteiger charge is 2.48. The number of thiophene rings is 1. The molecule has 0 saturated carbocycles. The summed E-state index contributed by atoms with van der Waals surface area (Å²) in [5.41, 5.74) is 5.07. The van der Waals surface area contributed by atoms with Crippen molar-refractivity contribution in [2.24, 2.45) is 0 Å². The summed E-state index contributed by atoms with van der Waals surface area (Å²) < 4.78 is 105. The fourth-order valence-corrected chi connectivity index (χ4v) is 13.0. The summed E-state index contributed by atoms with van der Waals surface area (Å²) in [5.74, 6) is -1.70. The van der Waals surface area contributed by atoms with E-state index < -0.39 is 58.7 Å². The topological polar surface area (TPSA) is 209 Å². The van der Waals surface area contributed by atoms with E-state index in [2.05, 4.69) is 36.1 Å². The van der Waals surface area contributed by atoms with Crippen LogP contribution in [0.5, 0.6) is 0 Å². The second kappa shape index (κ2) is 18.8. The molecule has 3 aromatic carbocycles. The number of carboxylic acids is 1. The number of carboxylic acid groups (broad SMARTS) is 1. The number of aliphatic carboxylic acids is 1. The SMILES string of the molecule is CC1(C)C(/C=C/C2=C(Cl)C(=C/C=C3/N(CCCS(=O)(=O)O)c4ccc5ccccc5c4C3(C)CCCCCC(=O)O)/CCC2)=[N+](CCCS(=O)(=O)O)c2sc3ccc(S(=O)(=O)[O-])cc3c21. The van der Waals surface area contributed by atoms with Crippen molar-refractivity contribution in [2.45, 2.75) is 101 Å². The number of fused-ring (bicyclic) bond motifs is 6. The molecule has 0 bridgehead atoms. The van der Waals surface area contributed by atoms with Gasteiger partial charge in [0.05, 0.1) is 27.4 Å². The highest BCUT2D eigenvalue weighted by atomic mass is 35.5. The Morgan fingerprint density at radius 1 is 0.862 bits per heavy atom. The van der Waals surface area contributed by atoms with Gasteiger partial charge in [-0.3, -0.25) is 13.9 Å². The molecule has 0 fully saturated rings. The van der Waals surface area contributed by atoms with Gasteiger partial charge in [0.2, 0.25) is 0 Å². The molecule has 348 valence electrons. The number of benzene rings is 3. The Morgan fingerprint density at radius 2 is 1.58 bits per heavy atom. The fourth-order valence-electron chi connectivity index (χ4n) is 9.81. The molecule has 0 spiro atoms. The van der Waals surface area contributed by atoms with E-state index in [1.807, 2.05) is 54.9 Å². The minimum absolute atomic E-state index is 0.0821. The van der Waals surface area contributed by atoms with Gasteiger partial charge in [-0.2, -0.15) is 21.4 Å². The number of hydrogen-bond donors (Lipinski definition) is 3. The smallest absolute Gasteiger partial charge is 0.303 e. The summed E-state index contributed by atoms with van der Waals surface area (Å²) >= 11 is 8.70. The lowest BCUT2D eigenvalue weighted by Gasteiger charge is -2.31. The monoisotopic (exact) mass is 984 g/mol. The second-order valence-electron chi connectivity index (χ2n) is 17.7. The molecule has 1 aromatic heterocycles. The Kier molecular flexibility index (Phi) is 14.1. The Balaban J connectivity index is 1.29. The van der Waals surface area contributed by atoms with Gasteiger partial charge in [0, 0.05) is 57.4 Å². The van der Waals surface area contributed by atoms with Gasteiger partial charge in [0.25, 0.3) is 25.2 Å². The zero-order valence-electron chi connectivity index (χ0n) is 36.4. The molecular weight excluding hydrogens is 932 g/mol. The quantitative estimate of drug-likeness (QED) is 0.0484. The van der Waals surface area contributed by atoms with Crippen LogP contribution in [0.1, 0.15) is 96.1 Å². The van der Waals surface area contributed by atoms with Crippen LogP contribution in [0.15, 0.2) is 106 Å². The molecule has 1 atom stereocenters. The predicted octanol–water partition coefficient (Wildman–Crippen LogP) is 9.75. The van der Waals surface area contributed by atoms with Gasteiger partial charge < -0.3 is 14.6 Å². The molecule has 4 aromatic rings. The van der Waals surface area contributed by atoms with Gasteiger partial charge in [-0.15, -0.1) is 0 Å². The van der Waals surface area contributed by atoms with E-state index in [9.17, 15) is 48.8 Å². The van der Waals surface area contributed by atoms with Crippen LogP contribution in [0.4, 0.5) is 10.7 Å². The third-order valence-corrected chi connectivity index (χ3v) is 16.9. The van der Waals surface area contributed by atoms with Gasteiger partial charge in [-0.05, 0) is 117 Å². The van der Waals surface area contributed by atoms with Crippen LogP contribution in [-0.2, 0) is 46.0 Å². The second-order valence-corrected chi connectivity index (χ2v) is 23.7. The first kappa shape index (κ1) is 48.7. The molecular formula is C47H53ClN2O11S4. The minimum atomic E-state index is -4.74. The zero-order valence-corrected chi connectivity index (χ0v) is 40.4. The maximum Gasteiger partial charge on any atom is 0.303 e. The maximum atomic E-state index is 12.1. The van der Waals surface area contributed by atoms with Crippen molar-refractivity contribution in [1.29, 1.82) is 0 Å². The largest absolute Gasteiger partial charge is 0.744 e. The van der Waals surface area contributed by atoms with Gasteiger partial charge in [0.1, 0.15) is 10.1 Å². The lowest BCUT2D eigenvalue weighted by atomic mass is 9.75. The minimum Gasteiger partial charge on any atom is -0.744 e. The molecule has 13 nitrogen and oxygen atoms in total. The molecule has 0 radical (unpaired) electrons. The molecule has 3 heterocycles. The average molecular weight is 986 g/mol. The summed E-state index contributed by atoms with van der Waals surface area (Å²) in [4.78, 5) is 13.1. The number of unbranched alkanes of at least 4 members (excludes halogenated alkanes) is 2. The van der Waals surface area contributed by atoms with Crippen molar-refractivity contribution in [3.63, 3.8) is 0 Å². The molecule has 0 amide bonds. The Morgan fingerprint density at radius 3 is 2.29 bits per heavy atom. The molecule has 1 aliphatic carbocycles. The summed E-state index contributed by atoms with van der Waals surface area (Å²) in [6, 6.07) is 16.5. The van der Waals surface area contributed by atoms with E-state index in [1.54, 1.807) is 6.07 Å². The molecule has 3 N–H and O–H groups in total. The van der Waals surface area contributed by atoms with Crippen molar-refractivity contribution < 1.29 is 53.4 Å². The fraction of sp³-hybridized carbons (Fsp3) is 0.404. The van der Waals surface area contributed by atoms with Gasteiger partial charge in [0.15, 0.2) is 12.3 Å². The number of hydrogen-bond acceptors (Lipinski definition) is 10. The molecule has 7 rings (SSSR count). The normalized spacial score (nSPS) is 20.3. The average Bonchev–Trinajstić information content (AvgIpc) is 3.78. The Bertz CT molecular complexity index is 3070. The lowest BCUT2D eigenvalue weighted by molar-refractivity contribution is -0.433. The van der Waals surface area contributed by atoms with E-state index >= 15 is 0 Å². The van der Waals surface area contributed by atoms with Crippen LogP contribution in [0, 0.1) is 0 Å². The first-order chi connectivity index (χ1) is 30.5. The van der Waals surface area contributed by atoms with Crippen LogP contribution in [0.25, 0.3) is 20.9 Å². The van der Waals surface area contributed by atoms with E-state index in [0.717, 1.165) is 72.7 Å². The summed E-state index contributed by atoms with van der Waals surface area (Å²) in [5, 5.41) is 13.4. The van der Waals surface area contributed by atoms with Crippen LogP contribution in [-0.4, -0.2) is 84.9 Å². The third kappa shape index (κ3) is 10.5. The molecule has 0 saturated heterocycles. The summed E-state index contributed by atoms with van der Waals surface area (Å²) in [6.07, 6.45) is 13.2. The molecule has 65 heavy (non-hydrogen) atoms. The summed E-state index contributed by atoms with van der Waals surface area (Å²) in [6.45, 7) is 6.70. The number of anilines is 1. The Labute approximate surface area is 389 Å².